The topological polar surface area (TPSA) is 49.3 Å². The van der Waals surface area contributed by atoms with E-state index in [4.69, 9.17) is 0 Å². The number of piperidine rings is 1. The van der Waals surface area contributed by atoms with Crippen molar-refractivity contribution >= 4 is 11.9 Å². The fourth-order valence-corrected chi connectivity index (χ4v) is 2.66. The van der Waals surface area contributed by atoms with E-state index in [-0.39, 0.29) is 5.91 Å². The van der Waals surface area contributed by atoms with Crippen LogP contribution in [0, 0.1) is 5.92 Å². The van der Waals surface area contributed by atoms with Gasteiger partial charge in [0.2, 0.25) is 5.95 Å². The second-order valence-corrected chi connectivity index (χ2v) is 5.41. The first-order valence-electron chi connectivity index (χ1n) is 7.53. The normalized spacial score (nSPS) is 18.9. The van der Waals surface area contributed by atoms with Crippen molar-refractivity contribution in [2.75, 3.05) is 31.1 Å². The summed E-state index contributed by atoms with van der Waals surface area (Å²) in [4.78, 5) is 25.2. The van der Waals surface area contributed by atoms with Gasteiger partial charge in [-0.05, 0) is 38.7 Å². The molecule has 2 heterocycles. The van der Waals surface area contributed by atoms with Gasteiger partial charge in [-0.15, -0.1) is 0 Å². The van der Waals surface area contributed by atoms with Crippen LogP contribution >= 0.6 is 0 Å². The van der Waals surface area contributed by atoms with E-state index >= 15 is 0 Å². The lowest BCUT2D eigenvalue weighted by Gasteiger charge is -2.30. The van der Waals surface area contributed by atoms with Gasteiger partial charge in [0.1, 0.15) is 5.69 Å². The molecule has 20 heavy (non-hydrogen) atoms. The molecule has 110 valence electrons. The summed E-state index contributed by atoms with van der Waals surface area (Å²) in [5.74, 6) is 1.26. The molecule has 0 spiro atoms. The molecule has 0 aromatic carbocycles. The number of anilines is 1. The predicted molar refractivity (Wildman–Crippen MR) is 79.9 cm³/mol. The maximum absolute atomic E-state index is 12.5. The molecule has 1 unspecified atom stereocenters. The van der Waals surface area contributed by atoms with Crippen molar-refractivity contribution in [2.24, 2.45) is 5.92 Å². The summed E-state index contributed by atoms with van der Waals surface area (Å²) in [6.07, 6.45) is 3.97. The first-order valence-corrected chi connectivity index (χ1v) is 7.53. The number of carbonyl (C=O) groups is 1. The molecular formula is C15H24N4O. The Labute approximate surface area is 121 Å². The largest absolute Gasteiger partial charge is 0.341 e. The zero-order valence-corrected chi connectivity index (χ0v) is 12.7. The first-order chi connectivity index (χ1) is 9.65. The van der Waals surface area contributed by atoms with Crippen LogP contribution in [0.4, 0.5) is 5.95 Å². The Morgan fingerprint density at radius 3 is 2.85 bits per heavy atom. The summed E-state index contributed by atoms with van der Waals surface area (Å²) in [7, 11) is 0. The quantitative estimate of drug-likeness (QED) is 0.846. The highest BCUT2D eigenvalue weighted by molar-refractivity contribution is 5.92. The van der Waals surface area contributed by atoms with Crippen LogP contribution in [0.25, 0.3) is 0 Å². The van der Waals surface area contributed by atoms with Gasteiger partial charge in [-0.25, -0.2) is 9.97 Å². The lowest BCUT2D eigenvalue weighted by atomic mass is 10.00. The zero-order chi connectivity index (χ0) is 14.5. The van der Waals surface area contributed by atoms with Crippen LogP contribution in [0.3, 0.4) is 0 Å². The predicted octanol–water partition coefficient (Wildman–Crippen LogP) is 2.19. The van der Waals surface area contributed by atoms with Gasteiger partial charge >= 0.3 is 0 Å². The number of hydrogen-bond donors (Lipinski definition) is 0. The Kier molecular flexibility index (Phi) is 4.93. The average Bonchev–Trinajstić information content (AvgIpc) is 2.48. The number of carbonyl (C=O) groups excluding carboxylic acids is 1. The van der Waals surface area contributed by atoms with E-state index in [1.54, 1.807) is 12.3 Å². The van der Waals surface area contributed by atoms with E-state index < -0.39 is 0 Å². The smallest absolute Gasteiger partial charge is 0.272 e. The van der Waals surface area contributed by atoms with Crippen molar-refractivity contribution in [3.05, 3.63) is 18.0 Å². The molecule has 1 aromatic heterocycles. The molecule has 1 atom stereocenters. The zero-order valence-electron chi connectivity index (χ0n) is 12.7. The average molecular weight is 276 g/mol. The van der Waals surface area contributed by atoms with Crippen molar-refractivity contribution in [1.82, 2.24) is 14.9 Å². The third kappa shape index (κ3) is 3.26. The van der Waals surface area contributed by atoms with Gasteiger partial charge in [0.25, 0.3) is 5.91 Å². The number of hydrogen-bond acceptors (Lipinski definition) is 4. The van der Waals surface area contributed by atoms with E-state index in [0.717, 1.165) is 32.6 Å². The van der Waals surface area contributed by atoms with E-state index in [1.165, 1.54) is 6.42 Å². The minimum atomic E-state index is 0.0346. The van der Waals surface area contributed by atoms with Crippen LogP contribution in [-0.2, 0) is 0 Å². The second-order valence-electron chi connectivity index (χ2n) is 5.41. The summed E-state index contributed by atoms with van der Waals surface area (Å²) >= 11 is 0. The summed E-state index contributed by atoms with van der Waals surface area (Å²) in [6.45, 7) is 9.68. The van der Waals surface area contributed by atoms with Gasteiger partial charge in [0.05, 0.1) is 0 Å². The minimum Gasteiger partial charge on any atom is -0.341 e. The van der Waals surface area contributed by atoms with Crippen molar-refractivity contribution in [2.45, 2.75) is 33.6 Å². The molecule has 0 aliphatic carbocycles. The Hall–Kier alpha value is -1.65. The van der Waals surface area contributed by atoms with Gasteiger partial charge in [-0.1, -0.05) is 6.92 Å². The molecule has 1 aliphatic heterocycles. The van der Waals surface area contributed by atoms with Crippen molar-refractivity contribution in [3.8, 4) is 0 Å². The molecule has 1 aromatic rings. The molecule has 2 rings (SSSR count). The minimum absolute atomic E-state index is 0.0346. The molecule has 0 N–H and O–H groups in total. The van der Waals surface area contributed by atoms with Gasteiger partial charge in [0.15, 0.2) is 0 Å². The summed E-state index contributed by atoms with van der Waals surface area (Å²) in [6, 6.07) is 1.72. The van der Waals surface area contributed by atoms with E-state index in [1.807, 2.05) is 4.90 Å². The maximum atomic E-state index is 12.5. The molecular weight excluding hydrogens is 252 g/mol. The second kappa shape index (κ2) is 6.68. The Morgan fingerprint density at radius 2 is 2.20 bits per heavy atom. The Bertz CT molecular complexity index is 459. The lowest BCUT2D eigenvalue weighted by Crippen LogP contribution is -2.39. The molecule has 1 fully saturated rings. The molecule has 0 bridgehead atoms. The van der Waals surface area contributed by atoms with Crippen molar-refractivity contribution < 1.29 is 4.79 Å². The number of aromatic nitrogens is 2. The standard InChI is InChI=1S/C15H24N4O/c1-4-18(5-2)15-16-9-8-13(17-15)14(20)19-10-6-7-12(3)11-19/h8-9,12H,4-7,10-11H2,1-3H3. The number of rotatable bonds is 4. The fourth-order valence-electron chi connectivity index (χ4n) is 2.66. The fraction of sp³-hybridized carbons (Fsp3) is 0.667. The van der Waals surface area contributed by atoms with Crippen LogP contribution < -0.4 is 4.90 Å². The molecule has 5 nitrogen and oxygen atoms in total. The van der Waals surface area contributed by atoms with E-state index in [2.05, 4.69) is 35.6 Å². The van der Waals surface area contributed by atoms with Crippen LogP contribution in [0.2, 0.25) is 0 Å². The van der Waals surface area contributed by atoms with Crippen LogP contribution in [0.1, 0.15) is 44.1 Å². The van der Waals surface area contributed by atoms with Gasteiger partial charge in [-0.3, -0.25) is 4.79 Å². The van der Waals surface area contributed by atoms with Crippen molar-refractivity contribution in [1.29, 1.82) is 0 Å². The maximum Gasteiger partial charge on any atom is 0.272 e. The SMILES string of the molecule is CCN(CC)c1nccc(C(=O)N2CCCC(C)C2)n1. The van der Waals surface area contributed by atoms with Gasteiger partial charge in [0, 0.05) is 32.4 Å². The summed E-state index contributed by atoms with van der Waals surface area (Å²) < 4.78 is 0. The molecule has 5 heteroatoms. The highest BCUT2D eigenvalue weighted by Crippen LogP contribution is 2.18. The summed E-state index contributed by atoms with van der Waals surface area (Å²) in [5.41, 5.74) is 0.510. The van der Waals surface area contributed by atoms with Crippen LogP contribution in [-0.4, -0.2) is 47.0 Å². The van der Waals surface area contributed by atoms with Crippen LogP contribution in [0.5, 0.6) is 0 Å². The van der Waals surface area contributed by atoms with E-state index in [0.29, 0.717) is 17.6 Å². The van der Waals surface area contributed by atoms with Gasteiger partial charge in [-0.2, -0.15) is 0 Å². The Balaban J connectivity index is 2.15. The van der Waals surface area contributed by atoms with Crippen molar-refractivity contribution in [3.63, 3.8) is 0 Å². The number of likely N-dealkylation sites (tertiary alicyclic amines) is 1. The molecule has 1 aliphatic rings. The monoisotopic (exact) mass is 276 g/mol. The highest BCUT2D eigenvalue weighted by atomic mass is 16.2. The summed E-state index contributed by atoms with van der Waals surface area (Å²) in [5, 5.41) is 0. The number of nitrogens with zero attached hydrogens (tertiary/aromatic N) is 4. The highest BCUT2D eigenvalue weighted by Gasteiger charge is 2.23. The molecule has 0 saturated carbocycles. The third-order valence-electron chi connectivity index (χ3n) is 3.85. The van der Waals surface area contributed by atoms with Gasteiger partial charge < -0.3 is 9.80 Å². The lowest BCUT2D eigenvalue weighted by molar-refractivity contribution is 0.0677. The number of amides is 1. The molecule has 1 saturated heterocycles. The van der Waals surface area contributed by atoms with E-state index in [9.17, 15) is 4.79 Å². The molecule has 1 amide bonds. The Morgan fingerprint density at radius 1 is 1.45 bits per heavy atom. The first kappa shape index (κ1) is 14.8. The molecule has 0 radical (unpaired) electrons. The third-order valence-corrected chi connectivity index (χ3v) is 3.85. The van der Waals surface area contributed by atoms with Crippen LogP contribution in [0.15, 0.2) is 12.3 Å².